The molecule has 0 saturated heterocycles. The number of amides is 1. The number of hydrogen-bond acceptors (Lipinski definition) is 6. The zero-order valence-electron chi connectivity index (χ0n) is 25.0. The van der Waals surface area contributed by atoms with Gasteiger partial charge in [-0.3, -0.25) is 4.79 Å². The van der Waals surface area contributed by atoms with Crippen molar-refractivity contribution in [1.82, 2.24) is 14.8 Å². The number of carbonyl (C=O) groups is 1. The first-order chi connectivity index (χ1) is 21.8. The molecule has 0 aliphatic carbocycles. The third-order valence-electron chi connectivity index (χ3n) is 7.56. The summed E-state index contributed by atoms with van der Waals surface area (Å²) >= 11 is 7.70. The number of halogens is 2. The highest BCUT2D eigenvalue weighted by Gasteiger charge is 2.34. The van der Waals surface area contributed by atoms with Crippen LogP contribution >= 0.6 is 23.4 Å². The predicted molar refractivity (Wildman–Crippen MR) is 177 cm³/mol. The Morgan fingerprint density at radius 2 is 1.80 bits per heavy atom. The van der Waals surface area contributed by atoms with Crippen molar-refractivity contribution in [2.45, 2.75) is 44.3 Å². The van der Waals surface area contributed by atoms with E-state index in [0.29, 0.717) is 44.5 Å². The van der Waals surface area contributed by atoms with Gasteiger partial charge in [-0.2, -0.15) is 4.98 Å². The summed E-state index contributed by atoms with van der Waals surface area (Å²) in [6.07, 6.45) is 0. The van der Waals surface area contributed by atoms with Crippen LogP contribution in [-0.4, -0.2) is 20.7 Å². The quantitative estimate of drug-likeness (QED) is 0.157. The van der Waals surface area contributed by atoms with Crippen LogP contribution < -0.4 is 15.4 Å². The molecule has 1 aliphatic rings. The number of hydrogen-bond donors (Lipinski definition) is 2. The molecular weight excluding hydrogens is 609 g/mol. The maximum Gasteiger partial charge on any atom is 0.255 e. The van der Waals surface area contributed by atoms with E-state index in [4.69, 9.17) is 26.4 Å². The molecule has 1 aromatic heterocycles. The summed E-state index contributed by atoms with van der Waals surface area (Å²) in [5.41, 5.74) is 6.28. The summed E-state index contributed by atoms with van der Waals surface area (Å²) in [4.78, 5) is 18.7. The van der Waals surface area contributed by atoms with Crippen molar-refractivity contribution in [2.24, 2.45) is 0 Å². The van der Waals surface area contributed by atoms with Crippen LogP contribution in [0.2, 0.25) is 5.02 Å². The summed E-state index contributed by atoms with van der Waals surface area (Å²) in [6.45, 7) is 5.84. The fraction of sp³-hybridized carbons (Fsp3) is 0.171. The first kappa shape index (κ1) is 30.4. The van der Waals surface area contributed by atoms with Gasteiger partial charge in [0, 0.05) is 22.7 Å². The van der Waals surface area contributed by atoms with Gasteiger partial charge in [-0.05, 0) is 67.8 Å². The van der Waals surface area contributed by atoms with E-state index < -0.39 is 11.9 Å². The van der Waals surface area contributed by atoms with Crippen LogP contribution in [0.15, 0.2) is 107 Å². The van der Waals surface area contributed by atoms with Gasteiger partial charge < -0.3 is 15.4 Å². The number of ether oxygens (including phenoxy) is 1. The van der Waals surface area contributed by atoms with Crippen LogP contribution in [0.3, 0.4) is 0 Å². The van der Waals surface area contributed by atoms with Gasteiger partial charge in [-0.25, -0.2) is 9.07 Å². The molecule has 2 N–H and O–H groups in total. The minimum Gasteiger partial charge on any atom is -0.489 e. The molecule has 5 aromatic rings. The Bertz CT molecular complexity index is 1870. The smallest absolute Gasteiger partial charge is 0.255 e. The zero-order chi connectivity index (χ0) is 31.5. The molecule has 0 saturated carbocycles. The van der Waals surface area contributed by atoms with E-state index >= 15 is 0 Å². The highest BCUT2D eigenvalue weighted by atomic mass is 35.5. The Morgan fingerprint density at radius 1 is 1.02 bits per heavy atom. The number of rotatable bonds is 9. The second-order valence-corrected chi connectivity index (χ2v) is 12.2. The van der Waals surface area contributed by atoms with Gasteiger partial charge >= 0.3 is 0 Å². The molecule has 0 spiro atoms. The Balaban J connectivity index is 1.31. The highest BCUT2D eigenvalue weighted by molar-refractivity contribution is 7.98. The lowest BCUT2D eigenvalue weighted by Gasteiger charge is -2.29. The molecule has 4 aromatic carbocycles. The number of nitrogens with zero attached hydrogens (tertiary/aromatic N) is 3. The van der Waals surface area contributed by atoms with Crippen molar-refractivity contribution in [3.63, 3.8) is 0 Å². The number of fused-ring (bicyclic) bond motifs is 1. The summed E-state index contributed by atoms with van der Waals surface area (Å²) in [5, 5.41) is 12.2. The molecule has 1 amide bonds. The fourth-order valence-electron chi connectivity index (χ4n) is 5.23. The topological polar surface area (TPSA) is 81.1 Å². The lowest BCUT2D eigenvalue weighted by Crippen LogP contribution is -2.31. The number of anilines is 2. The largest absolute Gasteiger partial charge is 0.489 e. The van der Waals surface area contributed by atoms with Crippen molar-refractivity contribution < 1.29 is 13.9 Å². The maximum atomic E-state index is 14.3. The molecule has 228 valence electrons. The average molecular weight is 640 g/mol. The van der Waals surface area contributed by atoms with E-state index in [0.717, 1.165) is 27.9 Å². The molecule has 7 nitrogen and oxygen atoms in total. The molecule has 6 rings (SSSR count). The van der Waals surface area contributed by atoms with Crippen LogP contribution in [0.1, 0.15) is 40.8 Å². The summed E-state index contributed by atoms with van der Waals surface area (Å²) in [5.74, 6) is 1.12. The number of carbonyl (C=O) groups excluding carboxylic acids is 1. The predicted octanol–water partition coefficient (Wildman–Crippen LogP) is 8.49. The minimum absolute atomic E-state index is 0.0179. The second kappa shape index (κ2) is 13.2. The highest BCUT2D eigenvalue weighted by Crippen LogP contribution is 2.38. The Kier molecular flexibility index (Phi) is 8.91. The van der Waals surface area contributed by atoms with Gasteiger partial charge in [-0.15, -0.1) is 5.10 Å². The van der Waals surface area contributed by atoms with Crippen molar-refractivity contribution in [3.05, 3.63) is 141 Å². The molecular formula is C35H31ClFN5O2S. The Morgan fingerprint density at radius 3 is 2.53 bits per heavy atom. The molecule has 10 heteroatoms. The van der Waals surface area contributed by atoms with Crippen LogP contribution in [0.4, 0.5) is 16.0 Å². The van der Waals surface area contributed by atoms with Crippen molar-refractivity contribution in [3.8, 4) is 5.75 Å². The third kappa shape index (κ3) is 6.74. The van der Waals surface area contributed by atoms with E-state index in [2.05, 4.69) is 22.8 Å². The lowest BCUT2D eigenvalue weighted by atomic mass is 9.94. The lowest BCUT2D eigenvalue weighted by molar-refractivity contribution is -0.113. The number of aryl methyl sites for hydroxylation is 2. The zero-order valence-corrected chi connectivity index (χ0v) is 26.5. The fourth-order valence-corrected chi connectivity index (χ4v) is 6.24. The van der Waals surface area contributed by atoms with E-state index in [-0.39, 0.29) is 12.5 Å². The van der Waals surface area contributed by atoms with Crippen LogP contribution in [0, 0.1) is 19.7 Å². The SMILES string of the molecule is CC1=C(C(=O)Nc2ccc(C)cc2C)C(c2ccc(OCc3c(F)cccc3Cl)cc2)n2nc(SCc3ccccc3)nc2N1. The number of aromatic nitrogens is 3. The van der Waals surface area contributed by atoms with Gasteiger partial charge in [0.25, 0.3) is 5.91 Å². The number of nitrogens with one attached hydrogen (secondary N) is 2. The maximum absolute atomic E-state index is 14.3. The number of thioether (sulfide) groups is 1. The Hall–Kier alpha value is -4.60. The van der Waals surface area contributed by atoms with E-state index in [9.17, 15) is 9.18 Å². The van der Waals surface area contributed by atoms with Crippen molar-refractivity contribution in [2.75, 3.05) is 10.6 Å². The van der Waals surface area contributed by atoms with Gasteiger partial charge in [0.1, 0.15) is 24.2 Å². The van der Waals surface area contributed by atoms with Gasteiger partial charge in [0.15, 0.2) is 0 Å². The summed E-state index contributed by atoms with van der Waals surface area (Å²) < 4.78 is 21.9. The molecule has 0 bridgehead atoms. The average Bonchev–Trinajstić information content (AvgIpc) is 3.43. The molecule has 45 heavy (non-hydrogen) atoms. The molecule has 1 aliphatic heterocycles. The molecule has 1 atom stereocenters. The normalized spacial score (nSPS) is 14.1. The Labute approximate surface area is 270 Å². The van der Waals surface area contributed by atoms with Gasteiger partial charge in [-0.1, -0.05) is 89.6 Å². The third-order valence-corrected chi connectivity index (χ3v) is 8.82. The van der Waals surface area contributed by atoms with E-state index in [1.54, 1.807) is 28.9 Å². The van der Waals surface area contributed by atoms with Crippen LogP contribution in [0.5, 0.6) is 5.75 Å². The van der Waals surface area contributed by atoms with E-state index in [1.165, 1.54) is 17.8 Å². The van der Waals surface area contributed by atoms with Gasteiger partial charge in [0.2, 0.25) is 11.1 Å². The number of benzene rings is 4. The van der Waals surface area contributed by atoms with Crippen molar-refractivity contribution in [1.29, 1.82) is 0 Å². The molecule has 1 unspecified atom stereocenters. The minimum atomic E-state index is -0.569. The molecule has 2 heterocycles. The summed E-state index contributed by atoms with van der Waals surface area (Å²) in [7, 11) is 0. The van der Waals surface area contributed by atoms with Crippen LogP contribution in [0.25, 0.3) is 0 Å². The first-order valence-corrected chi connectivity index (χ1v) is 15.8. The van der Waals surface area contributed by atoms with Crippen LogP contribution in [-0.2, 0) is 17.2 Å². The molecule has 0 fully saturated rings. The second-order valence-electron chi connectivity index (χ2n) is 10.8. The monoisotopic (exact) mass is 639 g/mol. The van der Waals surface area contributed by atoms with Gasteiger partial charge in [0.05, 0.1) is 10.6 Å². The van der Waals surface area contributed by atoms with E-state index in [1.807, 2.05) is 69.3 Å². The molecule has 0 radical (unpaired) electrons. The standard InChI is InChI=1S/C35H31ClFN5O2S/c1-21-12-17-30(22(2)18-21)39-33(43)31-23(3)38-34-40-35(45-20-24-8-5-4-6-9-24)41-42(34)32(31)25-13-15-26(16-14-25)44-19-27-28(36)10-7-11-29(27)37/h4-18,32H,19-20H2,1-3H3,(H,39,43)(H,38,40,41). The first-order valence-electron chi connectivity index (χ1n) is 14.4. The number of allylic oxidation sites excluding steroid dienone is 1. The summed E-state index contributed by atoms with van der Waals surface area (Å²) in [6, 6.07) is 27.4. The van der Waals surface area contributed by atoms with Crippen molar-refractivity contribution >= 4 is 40.9 Å².